The number of amides is 1. The minimum absolute atomic E-state index is 0.199. The number of halogens is 1. The van der Waals surface area contributed by atoms with E-state index in [0.717, 1.165) is 0 Å². The van der Waals surface area contributed by atoms with Crippen LogP contribution in [-0.2, 0) is 4.74 Å². The highest BCUT2D eigenvalue weighted by Crippen LogP contribution is 2.23. The van der Waals surface area contributed by atoms with E-state index < -0.39 is 5.91 Å². The lowest BCUT2D eigenvalue weighted by atomic mass is 10.2. The monoisotopic (exact) mass is 301 g/mol. The van der Waals surface area contributed by atoms with Crippen molar-refractivity contribution in [1.82, 2.24) is 4.98 Å². The van der Waals surface area contributed by atoms with Gasteiger partial charge in [-0.15, -0.1) is 0 Å². The number of nitrogens with two attached hydrogens (primary N) is 1. The molecule has 6 heteroatoms. The first-order valence-corrected chi connectivity index (χ1v) is 6.11. The number of nitrogens with one attached hydrogen (secondary N) is 1. The van der Waals surface area contributed by atoms with Crippen LogP contribution in [-0.4, -0.2) is 30.1 Å². The number of hydrogen-bond donors (Lipinski definition) is 2. The van der Waals surface area contributed by atoms with Gasteiger partial charge in [0.1, 0.15) is 5.82 Å². The molecule has 94 valence electrons. The van der Waals surface area contributed by atoms with E-state index in [9.17, 15) is 4.79 Å². The van der Waals surface area contributed by atoms with Crippen LogP contribution in [0.15, 0.2) is 16.7 Å². The smallest absolute Gasteiger partial charge is 0.250 e. The summed E-state index contributed by atoms with van der Waals surface area (Å²) in [7, 11) is 0. The molecule has 3 N–H and O–H groups in total. The maximum atomic E-state index is 11.1. The number of anilines is 1. The van der Waals surface area contributed by atoms with E-state index >= 15 is 0 Å². The van der Waals surface area contributed by atoms with Gasteiger partial charge in [-0.3, -0.25) is 4.79 Å². The first kappa shape index (κ1) is 13.9. The van der Waals surface area contributed by atoms with Gasteiger partial charge in [0.25, 0.3) is 0 Å². The minimum atomic E-state index is -0.485. The standard InChI is InChI=1S/C11H16BrN3O2/c1-7(2)17-6-5-15-11-9(12)8(10(13)16)3-4-14-11/h3-4,7H,5-6H2,1-2H3,(H2,13,16)(H,14,15). The Morgan fingerprint density at radius 1 is 1.65 bits per heavy atom. The highest BCUT2D eigenvalue weighted by molar-refractivity contribution is 9.10. The third-order valence-electron chi connectivity index (χ3n) is 2.00. The Bertz CT molecular complexity index is 396. The molecule has 0 spiro atoms. The topological polar surface area (TPSA) is 77.2 Å². The Hall–Kier alpha value is -1.14. The highest BCUT2D eigenvalue weighted by atomic mass is 79.9. The Morgan fingerprint density at radius 2 is 2.35 bits per heavy atom. The first-order valence-electron chi connectivity index (χ1n) is 5.32. The van der Waals surface area contributed by atoms with Crippen molar-refractivity contribution in [2.45, 2.75) is 20.0 Å². The van der Waals surface area contributed by atoms with E-state index in [-0.39, 0.29) is 6.10 Å². The average Bonchev–Trinajstić information content (AvgIpc) is 2.25. The fraction of sp³-hybridized carbons (Fsp3) is 0.455. The van der Waals surface area contributed by atoms with Crippen molar-refractivity contribution in [3.63, 3.8) is 0 Å². The van der Waals surface area contributed by atoms with E-state index in [1.807, 2.05) is 13.8 Å². The summed E-state index contributed by atoms with van der Waals surface area (Å²) >= 11 is 3.30. The normalized spacial score (nSPS) is 10.6. The molecule has 0 radical (unpaired) electrons. The van der Waals surface area contributed by atoms with Gasteiger partial charge in [-0.1, -0.05) is 0 Å². The Morgan fingerprint density at radius 3 is 2.94 bits per heavy atom. The number of rotatable bonds is 6. The number of carbonyl (C=O) groups is 1. The lowest BCUT2D eigenvalue weighted by Crippen LogP contribution is -2.16. The Balaban J connectivity index is 2.59. The number of primary amides is 1. The molecule has 17 heavy (non-hydrogen) atoms. The minimum Gasteiger partial charge on any atom is -0.377 e. The molecule has 0 saturated carbocycles. The van der Waals surface area contributed by atoms with Crippen LogP contribution in [0.2, 0.25) is 0 Å². The third kappa shape index (κ3) is 4.32. The van der Waals surface area contributed by atoms with Crippen LogP contribution in [0.5, 0.6) is 0 Å². The molecule has 0 aliphatic rings. The predicted molar refractivity (Wildman–Crippen MR) is 70.0 cm³/mol. The second kappa shape index (κ2) is 6.56. The van der Waals surface area contributed by atoms with Crippen LogP contribution < -0.4 is 11.1 Å². The maximum absolute atomic E-state index is 11.1. The van der Waals surface area contributed by atoms with Crippen molar-refractivity contribution in [3.8, 4) is 0 Å². The van der Waals surface area contributed by atoms with E-state index in [1.165, 1.54) is 6.20 Å². The number of carbonyl (C=O) groups excluding carboxylic acids is 1. The molecule has 1 heterocycles. The number of hydrogen-bond acceptors (Lipinski definition) is 4. The van der Waals surface area contributed by atoms with Crippen LogP contribution in [0, 0.1) is 0 Å². The van der Waals surface area contributed by atoms with Crippen molar-refractivity contribution >= 4 is 27.7 Å². The van der Waals surface area contributed by atoms with Gasteiger partial charge in [-0.25, -0.2) is 4.98 Å². The van der Waals surface area contributed by atoms with Crippen molar-refractivity contribution in [2.24, 2.45) is 5.73 Å². The number of nitrogens with zero attached hydrogens (tertiary/aromatic N) is 1. The van der Waals surface area contributed by atoms with Gasteiger partial charge in [0.15, 0.2) is 0 Å². The Labute approximate surface area is 109 Å². The SMILES string of the molecule is CC(C)OCCNc1nccc(C(N)=O)c1Br. The maximum Gasteiger partial charge on any atom is 0.250 e. The van der Waals surface area contributed by atoms with E-state index in [0.29, 0.717) is 29.0 Å². The van der Waals surface area contributed by atoms with Gasteiger partial charge in [0.2, 0.25) is 5.91 Å². The molecule has 1 aromatic heterocycles. The molecule has 1 aromatic rings. The number of ether oxygens (including phenoxy) is 1. The highest BCUT2D eigenvalue weighted by Gasteiger charge is 2.10. The summed E-state index contributed by atoms with van der Waals surface area (Å²) in [6.07, 6.45) is 1.74. The third-order valence-corrected chi connectivity index (χ3v) is 2.80. The molecule has 1 rings (SSSR count). The first-order chi connectivity index (χ1) is 8.02. The average molecular weight is 302 g/mol. The zero-order valence-electron chi connectivity index (χ0n) is 9.87. The van der Waals surface area contributed by atoms with Crippen molar-refractivity contribution in [1.29, 1.82) is 0 Å². The predicted octanol–water partition coefficient (Wildman–Crippen LogP) is 1.78. The summed E-state index contributed by atoms with van der Waals surface area (Å²) in [5, 5.41) is 3.07. The fourth-order valence-electron chi connectivity index (χ4n) is 1.22. The van der Waals surface area contributed by atoms with Crippen LogP contribution in [0.25, 0.3) is 0 Å². The van der Waals surface area contributed by atoms with Gasteiger partial charge in [0.05, 0.1) is 22.7 Å². The molecular formula is C11H16BrN3O2. The summed E-state index contributed by atoms with van der Waals surface area (Å²) < 4.78 is 5.96. The lowest BCUT2D eigenvalue weighted by molar-refractivity contribution is 0.0870. The van der Waals surface area contributed by atoms with Gasteiger partial charge in [-0.05, 0) is 35.8 Å². The molecule has 0 unspecified atom stereocenters. The van der Waals surface area contributed by atoms with Crippen LogP contribution in [0.4, 0.5) is 5.82 Å². The van der Waals surface area contributed by atoms with Gasteiger partial charge in [-0.2, -0.15) is 0 Å². The second-order valence-corrected chi connectivity index (χ2v) is 4.52. The van der Waals surface area contributed by atoms with E-state index in [1.54, 1.807) is 6.07 Å². The summed E-state index contributed by atoms with van der Waals surface area (Å²) in [6.45, 7) is 5.14. The van der Waals surface area contributed by atoms with Crippen LogP contribution in [0.1, 0.15) is 24.2 Å². The van der Waals surface area contributed by atoms with Crippen molar-refractivity contribution in [2.75, 3.05) is 18.5 Å². The molecule has 1 amide bonds. The zero-order chi connectivity index (χ0) is 12.8. The van der Waals surface area contributed by atoms with E-state index in [2.05, 4.69) is 26.2 Å². The quantitative estimate of drug-likeness (QED) is 0.785. The Kier molecular flexibility index (Phi) is 5.37. The molecule has 0 bridgehead atoms. The molecule has 0 atom stereocenters. The number of aromatic nitrogens is 1. The lowest BCUT2D eigenvalue weighted by Gasteiger charge is -2.11. The fourth-order valence-corrected chi connectivity index (χ4v) is 1.79. The summed E-state index contributed by atoms with van der Waals surface area (Å²) in [6, 6.07) is 1.57. The number of pyridine rings is 1. The molecule has 0 aliphatic heterocycles. The van der Waals surface area contributed by atoms with Crippen LogP contribution in [0.3, 0.4) is 0 Å². The molecule has 5 nitrogen and oxygen atoms in total. The van der Waals surface area contributed by atoms with Crippen molar-refractivity contribution < 1.29 is 9.53 Å². The zero-order valence-corrected chi connectivity index (χ0v) is 11.5. The van der Waals surface area contributed by atoms with Crippen molar-refractivity contribution in [3.05, 3.63) is 22.3 Å². The molecule has 0 aromatic carbocycles. The van der Waals surface area contributed by atoms with E-state index in [4.69, 9.17) is 10.5 Å². The van der Waals surface area contributed by atoms with Gasteiger partial charge >= 0.3 is 0 Å². The van der Waals surface area contributed by atoms with Gasteiger partial charge < -0.3 is 15.8 Å². The van der Waals surface area contributed by atoms with Crippen LogP contribution >= 0.6 is 15.9 Å². The molecule has 0 fully saturated rings. The second-order valence-electron chi connectivity index (χ2n) is 3.73. The molecule has 0 saturated heterocycles. The summed E-state index contributed by atoms with van der Waals surface area (Å²) in [4.78, 5) is 15.2. The van der Waals surface area contributed by atoms with Gasteiger partial charge in [0, 0.05) is 12.7 Å². The largest absolute Gasteiger partial charge is 0.377 e. The summed E-state index contributed by atoms with van der Waals surface area (Å²) in [5.41, 5.74) is 5.64. The molecular weight excluding hydrogens is 286 g/mol. The summed E-state index contributed by atoms with van der Waals surface area (Å²) in [5.74, 6) is 0.106. The molecule has 0 aliphatic carbocycles.